The zero-order valence-electron chi connectivity index (χ0n) is 13.9. The molecule has 7 nitrogen and oxygen atoms in total. The molecule has 1 aliphatic rings. The number of aromatic nitrogens is 2. The van der Waals surface area contributed by atoms with E-state index in [0.29, 0.717) is 29.7 Å². The van der Waals surface area contributed by atoms with Crippen LogP contribution < -0.4 is 15.4 Å². The Morgan fingerprint density at radius 2 is 1.88 bits per heavy atom. The molecule has 0 amide bonds. The molecule has 1 aromatic heterocycles. The molecule has 8 heteroatoms. The number of aliphatic hydroxyl groups excluding tert-OH is 1. The predicted octanol–water partition coefficient (Wildman–Crippen LogP) is 1.41. The minimum Gasteiger partial charge on any atom is -0.483 e. The molecule has 0 spiro atoms. The highest BCUT2D eigenvalue weighted by molar-refractivity contribution is 6.30. The van der Waals surface area contributed by atoms with Gasteiger partial charge in [0.05, 0.1) is 12.8 Å². The third-order valence-corrected chi connectivity index (χ3v) is 4.40. The number of benzene rings is 1. The number of hydrogen-bond acceptors (Lipinski definition) is 7. The van der Waals surface area contributed by atoms with Crippen LogP contribution >= 0.6 is 11.6 Å². The van der Waals surface area contributed by atoms with Crippen molar-refractivity contribution in [2.45, 2.75) is 6.61 Å². The quantitative estimate of drug-likeness (QED) is 0.802. The highest BCUT2D eigenvalue weighted by Gasteiger charge is 2.21. The van der Waals surface area contributed by atoms with Crippen molar-refractivity contribution in [3.8, 4) is 5.75 Å². The Hall–Kier alpha value is -2.09. The number of piperazine rings is 1. The summed E-state index contributed by atoms with van der Waals surface area (Å²) >= 11 is 5.91. The second-order valence-electron chi connectivity index (χ2n) is 5.88. The number of aliphatic hydroxyl groups is 1. The fourth-order valence-electron chi connectivity index (χ4n) is 2.77. The zero-order valence-corrected chi connectivity index (χ0v) is 14.7. The molecule has 3 N–H and O–H groups in total. The molecule has 0 radical (unpaired) electrons. The SMILES string of the molecule is Nc1ncc(OCc2ccc(Cl)cc2)c(N2CCN(CCO)CC2)n1. The van der Waals surface area contributed by atoms with Gasteiger partial charge in [-0.1, -0.05) is 23.7 Å². The Morgan fingerprint density at radius 3 is 2.56 bits per heavy atom. The van der Waals surface area contributed by atoms with Gasteiger partial charge >= 0.3 is 0 Å². The second-order valence-corrected chi connectivity index (χ2v) is 6.32. The van der Waals surface area contributed by atoms with E-state index in [2.05, 4.69) is 19.8 Å². The first-order valence-corrected chi connectivity index (χ1v) is 8.61. The minimum absolute atomic E-state index is 0.176. The van der Waals surface area contributed by atoms with Gasteiger partial charge in [-0.25, -0.2) is 4.98 Å². The van der Waals surface area contributed by atoms with Crippen LogP contribution in [0.3, 0.4) is 0 Å². The highest BCUT2D eigenvalue weighted by atomic mass is 35.5. The summed E-state index contributed by atoms with van der Waals surface area (Å²) in [6, 6.07) is 7.52. The molecule has 0 saturated carbocycles. The lowest BCUT2D eigenvalue weighted by atomic mass is 10.2. The third kappa shape index (κ3) is 4.72. The standard InChI is InChI=1S/C17H22ClN5O2/c18-14-3-1-13(2-4-14)12-25-15-11-20-17(19)21-16(15)23-7-5-22(6-8-23)9-10-24/h1-4,11,24H,5-10,12H2,(H2,19,20,21). The van der Waals surface area contributed by atoms with Gasteiger partial charge in [-0.15, -0.1) is 0 Å². The molecule has 0 unspecified atom stereocenters. The number of β-amino-alcohol motifs (C(OH)–C–C–N with tert-alkyl or cyclic N) is 1. The van der Waals surface area contributed by atoms with Gasteiger partial charge in [0.15, 0.2) is 11.6 Å². The van der Waals surface area contributed by atoms with E-state index in [-0.39, 0.29) is 12.6 Å². The van der Waals surface area contributed by atoms with Crippen molar-refractivity contribution in [3.63, 3.8) is 0 Å². The zero-order chi connectivity index (χ0) is 17.6. The van der Waals surface area contributed by atoms with E-state index in [0.717, 1.165) is 31.7 Å². The molecule has 2 aromatic rings. The molecule has 1 saturated heterocycles. The summed E-state index contributed by atoms with van der Waals surface area (Å²) in [4.78, 5) is 12.8. The average molecular weight is 364 g/mol. The van der Waals surface area contributed by atoms with Crippen LogP contribution in [0.4, 0.5) is 11.8 Å². The Bertz CT molecular complexity index is 690. The molecule has 0 aliphatic carbocycles. The number of halogens is 1. The lowest BCUT2D eigenvalue weighted by molar-refractivity contribution is 0.188. The second kappa shape index (κ2) is 8.33. The van der Waals surface area contributed by atoms with Gasteiger partial charge in [-0.05, 0) is 17.7 Å². The van der Waals surface area contributed by atoms with Crippen molar-refractivity contribution in [3.05, 3.63) is 41.0 Å². The van der Waals surface area contributed by atoms with Crippen LogP contribution in [-0.2, 0) is 6.61 Å². The summed E-state index contributed by atoms with van der Waals surface area (Å²) in [7, 11) is 0. The smallest absolute Gasteiger partial charge is 0.222 e. The van der Waals surface area contributed by atoms with Crippen LogP contribution in [-0.4, -0.2) is 59.3 Å². The Morgan fingerprint density at radius 1 is 1.16 bits per heavy atom. The number of ether oxygens (including phenoxy) is 1. The largest absolute Gasteiger partial charge is 0.483 e. The van der Waals surface area contributed by atoms with Crippen LogP contribution in [0.25, 0.3) is 0 Å². The van der Waals surface area contributed by atoms with Gasteiger partial charge in [0.2, 0.25) is 5.95 Å². The number of rotatable bonds is 6. The monoisotopic (exact) mass is 363 g/mol. The van der Waals surface area contributed by atoms with Gasteiger partial charge < -0.3 is 20.5 Å². The summed E-state index contributed by atoms with van der Waals surface area (Å²) in [5, 5.41) is 9.75. The van der Waals surface area contributed by atoms with E-state index < -0.39 is 0 Å². The summed E-state index contributed by atoms with van der Waals surface area (Å²) < 4.78 is 5.93. The molecule has 3 rings (SSSR count). The molecular formula is C17H22ClN5O2. The number of nitrogens with two attached hydrogens (primary N) is 1. The molecule has 134 valence electrons. The van der Waals surface area contributed by atoms with Crippen LogP contribution in [0.2, 0.25) is 5.02 Å². The lowest BCUT2D eigenvalue weighted by Crippen LogP contribution is -2.47. The number of anilines is 2. The maximum atomic E-state index is 9.06. The van der Waals surface area contributed by atoms with Crippen LogP contribution in [0.15, 0.2) is 30.5 Å². The van der Waals surface area contributed by atoms with E-state index in [4.69, 9.17) is 27.2 Å². The van der Waals surface area contributed by atoms with Crippen LogP contribution in [0.5, 0.6) is 5.75 Å². The van der Waals surface area contributed by atoms with Gasteiger partial charge in [-0.3, -0.25) is 4.90 Å². The van der Waals surface area contributed by atoms with Crippen molar-refractivity contribution in [1.29, 1.82) is 0 Å². The van der Waals surface area contributed by atoms with E-state index >= 15 is 0 Å². The first kappa shape index (κ1) is 17.7. The van der Waals surface area contributed by atoms with Gasteiger partial charge in [0, 0.05) is 37.7 Å². The Balaban J connectivity index is 1.69. The molecule has 0 atom stereocenters. The van der Waals surface area contributed by atoms with Crippen LogP contribution in [0.1, 0.15) is 5.56 Å². The number of hydrogen-bond donors (Lipinski definition) is 2. The maximum absolute atomic E-state index is 9.06. The van der Waals surface area contributed by atoms with E-state index in [1.807, 2.05) is 24.3 Å². The summed E-state index contributed by atoms with van der Waals surface area (Å²) in [6.45, 7) is 4.60. The van der Waals surface area contributed by atoms with Gasteiger partial charge in [0.1, 0.15) is 6.61 Å². The fourth-order valence-corrected chi connectivity index (χ4v) is 2.90. The van der Waals surface area contributed by atoms with Crippen molar-refractivity contribution in [2.75, 3.05) is 50.0 Å². The first-order chi connectivity index (χ1) is 12.2. The summed E-state index contributed by atoms with van der Waals surface area (Å²) in [5.74, 6) is 1.55. The normalized spacial score (nSPS) is 15.4. The van der Waals surface area contributed by atoms with E-state index in [9.17, 15) is 0 Å². The Labute approximate surface area is 152 Å². The molecule has 1 fully saturated rings. The van der Waals surface area contributed by atoms with Crippen LogP contribution in [0, 0.1) is 0 Å². The molecule has 1 aliphatic heterocycles. The van der Waals surface area contributed by atoms with Crippen molar-refractivity contribution in [2.24, 2.45) is 0 Å². The molecular weight excluding hydrogens is 342 g/mol. The maximum Gasteiger partial charge on any atom is 0.222 e. The average Bonchev–Trinajstić information content (AvgIpc) is 2.63. The first-order valence-electron chi connectivity index (χ1n) is 8.23. The predicted molar refractivity (Wildman–Crippen MR) is 98.0 cm³/mol. The Kier molecular flexibility index (Phi) is 5.91. The number of nitrogen functional groups attached to an aromatic ring is 1. The van der Waals surface area contributed by atoms with Crippen molar-refractivity contribution in [1.82, 2.24) is 14.9 Å². The summed E-state index contributed by atoms with van der Waals surface area (Å²) in [5.41, 5.74) is 6.78. The van der Waals surface area contributed by atoms with E-state index in [1.165, 1.54) is 0 Å². The fraction of sp³-hybridized carbons (Fsp3) is 0.412. The molecule has 25 heavy (non-hydrogen) atoms. The van der Waals surface area contributed by atoms with Gasteiger partial charge in [-0.2, -0.15) is 4.98 Å². The summed E-state index contributed by atoms with van der Waals surface area (Å²) in [6.07, 6.45) is 1.62. The highest BCUT2D eigenvalue weighted by Crippen LogP contribution is 2.27. The van der Waals surface area contributed by atoms with Crippen molar-refractivity contribution < 1.29 is 9.84 Å². The van der Waals surface area contributed by atoms with Crippen molar-refractivity contribution >= 4 is 23.4 Å². The third-order valence-electron chi connectivity index (χ3n) is 4.15. The van der Waals surface area contributed by atoms with Gasteiger partial charge in [0.25, 0.3) is 0 Å². The minimum atomic E-state index is 0.176. The van der Waals surface area contributed by atoms with E-state index in [1.54, 1.807) is 6.20 Å². The molecule has 2 heterocycles. The lowest BCUT2D eigenvalue weighted by Gasteiger charge is -2.35. The topological polar surface area (TPSA) is 87.7 Å². The molecule has 0 bridgehead atoms. The molecule has 1 aromatic carbocycles. The number of nitrogens with zero attached hydrogens (tertiary/aromatic N) is 4.